The van der Waals surface area contributed by atoms with Crippen LogP contribution in [0.4, 0.5) is 5.69 Å². The second kappa shape index (κ2) is 6.93. The standard InChI is InChI=1S/C21H30N2O3/c1-14-9-10-18-17(13-14)22(20(25)21(4,5)26-18)12-11-19(24)23-15(2)7-6-8-16(23)3/h9-10,13,15-16H,6-8,11-12H2,1-5H3. The van der Waals surface area contributed by atoms with Crippen LogP contribution in [-0.4, -0.2) is 40.9 Å². The third kappa shape index (κ3) is 3.44. The van der Waals surface area contributed by atoms with Gasteiger partial charge in [0.2, 0.25) is 5.91 Å². The average molecular weight is 358 g/mol. The summed E-state index contributed by atoms with van der Waals surface area (Å²) in [4.78, 5) is 29.5. The fourth-order valence-electron chi connectivity index (χ4n) is 4.15. The van der Waals surface area contributed by atoms with Crippen LogP contribution < -0.4 is 9.64 Å². The summed E-state index contributed by atoms with van der Waals surface area (Å²) in [5.41, 5.74) is 0.910. The van der Waals surface area contributed by atoms with Crippen LogP contribution in [-0.2, 0) is 9.59 Å². The first kappa shape index (κ1) is 18.7. The van der Waals surface area contributed by atoms with E-state index in [1.807, 2.05) is 30.0 Å². The highest BCUT2D eigenvalue weighted by atomic mass is 16.5. The first-order valence-electron chi connectivity index (χ1n) is 9.63. The number of ether oxygens (including phenoxy) is 1. The molecule has 2 atom stereocenters. The Morgan fingerprint density at radius 2 is 1.88 bits per heavy atom. The van der Waals surface area contributed by atoms with Gasteiger partial charge in [0.1, 0.15) is 5.75 Å². The number of piperidine rings is 1. The molecule has 0 spiro atoms. The number of amides is 2. The second-order valence-electron chi connectivity index (χ2n) is 8.22. The number of carbonyl (C=O) groups excluding carboxylic acids is 2. The molecule has 1 fully saturated rings. The molecule has 2 amide bonds. The van der Waals surface area contributed by atoms with Crippen molar-refractivity contribution in [3.63, 3.8) is 0 Å². The number of anilines is 1. The quantitative estimate of drug-likeness (QED) is 0.828. The highest BCUT2D eigenvalue weighted by Gasteiger charge is 2.41. The zero-order chi connectivity index (χ0) is 19.1. The molecule has 2 aliphatic rings. The SMILES string of the molecule is Cc1ccc2c(c1)N(CCC(=O)N1C(C)CCCC1C)C(=O)C(C)(C)O2. The van der Waals surface area contributed by atoms with Gasteiger partial charge in [0, 0.05) is 25.0 Å². The molecule has 0 N–H and O–H groups in total. The number of hydrogen-bond donors (Lipinski definition) is 0. The van der Waals surface area contributed by atoms with Gasteiger partial charge < -0.3 is 14.5 Å². The van der Waals surface area contributed by atoms with Crippen molar-refractivity contribution in [3.05, 3.63) is 23.8 Å². The molecule has 3 rings (SSSR count). The van der Waals surface area contributed by atoms with Crippen LogP contribution >= 0.6 is 0 Å². The van der Waals surface area contributed by atoms with E-state index in [1.54, 1.807) is 18.7 Å². The molecular formula is C21H30N2O3. The Morgan fingerprint density at radius 1 is 1.23 bits per heavy atom. The van der Waals surface area contributed by atoms with Crippen LogP contribution in [0.1, 0.15) is 58.9 Å². The summed E-state index contributed by atoms with van der Waals surface area (Å²) >= 11 is 0. The maximum atomic E-state index is 12.9. The van der Waals surface area contributed by atoms with Crippen LogP contribution in [0.15, 0.2) is 18.2 Å². The van der Waals surface area contributed by atoms with E-state index >= 15 is 0 Å². The van der Waals surface area contributed by atoms with Gasteiger partial charge in [-0.1, -0.05) is 6.07 Å². The molecule has 1 aromatic rings. The zero-order valence-corrected chi connectivity index (χ0v) is 16.5. The summed E-state index contributed by atoms with van der Waals surface area (Å²) in [7, 11) is 0. The van der Waals surface area contributed by atoms with Crippen molar-refractivity contribution in [2.75, 3.05) is 11.4 Å². The summed E-state index contributed by atoms with van der Waals surface area (Å²) in [5.74, 6) is 0.742. The second-order valence-corrected chi connectivity index (χ2v) is 8.22. The lowest BCUT2D eigenvalue weighted by Crippen LogP contribution is -2.54. The van der Waals surface area contributed by atoms with E-state index in [9.17, 15) is 9.59 Å². The lowest BCUT2D eigenvalue weighted by Gasteiger charge is -2.41. The summed E-state index contributed by atoms with van der Waals surface area (Å²) < 4.78 is 5.89. The first-order valence-corrected chi connectivity index (χ1v) is 9.63. The molecule has 0 saturated carbocycles. The molecule has 142 valence electrons. The van der Waals surface area contributed by atoms with Gasteiger partial charge in [-0.05, 0) is 71.6 Å². The largest absolute Gasteiger partial charge is 0.476 e. The van der Waals surface area contributed by atoms with Crippen LogP contribution in [0.25, 0.3) is 0 Å². The van der Waals surface area contributed by atoms with E-state index < -0.39 is 5.60 Å². The first-order chi connectivity index (χ1) is 12.2. The molecule has 0 aliphatic carbocycles. The summed E-state index contributed by atoms with van der Waals surface area (Å²) in [6, 6.07) is 6.39. The number of nitrogens with zero attached hydrogens (tertiary/aromatic N) is 2. The molecular weight excluding hydrogens is 328 g/mol. The van der Waals surface area contributed by atoms with Gasteiger partial charge in [-0.3, -0.25) is 9.59 Å². The van der Waals surface area contributed by atoms with E-state index in [1.165, 1.54) is 6.42 Å². The van der Waals surface area contributed by atoms with Crippen molar-refractivity contribution in [3.8, 4) is 5.75 Å². The number of hydrogen-bond acceptors (Lipinski definition) is 3. The number of aryl methyl sites for hydroxylation is 1. The molecule has 2 heterocycles. The Kier molecular flexibility index (Phi) is 5.00. The Bertz CT molecular complexity index is 703. The number of likely N-dealkylation sites (tertiary alicyclic amines) is 1. The van der Waals surface area contributed by atoms with E-state index in [2.05, 4.69) is 13.8 Å². The van der Waals surface area contributed by atoms with Gasteiger partial charge in [0.15, 0.2) is 5.60 Å². The van der Waals surface area contributed by atoms with Crippen LogP contribution in [0, 0.1) is 6.92 Å². The molecule has 0 aromatic heterocycles. The molecule has 5 heteroatoms. The summed E-state index contributed by atoms with van der Waals surface area (Å²) in [6.07, 6.45) is 3.63. The third-order valence-corrected chi connectivity index (χ3v) is 5.56. The van der Waals surface area contributed by atoms with Crippen molar-refractivity contribution < 1.29 is 14.3 Å². The fourth-order valence-corrected chi connectivity index (χ4v) is 4.15. The monoisotopic (exact) mass is 358 g/mol. The van der Waals surface area contributed by atoms with E-state index in [0.29, 0.717) is 18.7 Å². The Hall–Kier alpha value is -2.04. The van der Waals surface area contributed by atoms with Crippen LogP contribution in [0.3, 0.4) is 0 Å². The van der Waals surface area contributed by atoms with Gasteiger partial charge in [-0.15, -0.1) is 0 Å². The minimum absolute atomic E-state index is 0.0943. The maximum absolute atomic E-state index is 12.9. The molecule has 0 radical (unpaired) electrons. The van der Waals surface area contributed by atoms with E-state index in [4.69, 9.17) is 4.74 Å². The Balaban J connectivity index is 1.79. The van der Waals surface area contributed by atoms with E-state index in [0.717, 1.165) is 24.1 Å². The average Bonchev–Trinajstić information content (AvgIpc) is 2.56. The normalized spacial score (nSPS) is 24.9. The maximum Gasteiger partial charge on any atom is 0.270 e. The predicted octanol–water partition coefficient (Wildman–Crippen LogP) is 3.68. The highest BCUT2D eigenvalue weighted by molar-refractivity contribution is 6.02. The molecule has 1 aromatic carbocycles. The lowest BCUT2D eigenvalue weighted by molar-refractivity contribution is -0.137. The van der Waals surface area contributed by atoms with Gasteiger partial charge in [0.25, 0.3) is 5.91 Å². The number of fused-ring (bicyclic) bond motifs is 1. The zero-order valence-electron chi connectivity index (χ0n) is 16.5. The molecule has 26 heavy (non-hydrogen) atoms. The highest BCUT2D eigenvalue weighted by Crippen LogP contribution is 2.38. The van der Waals surface area contributed by atoms with Crippen molar-refractivity contribution in [2.24, 2.45) is 0 Å². The molecule has 2 aliphatic heterocycles. The minimum atomic E-state index is -0.920. The van der Waals surface area contributed by atoms with Gasteiger partial charge in [-0.2, -0.15) is 0 Å². The van der Waals surface area contributed by atoms with Crippen LogP contribution in [0.2, 0.25) is 0 Å². The lowest BCUT2D eigenvalue weighted by atomic mass is 9.97. The van der Waals surface area contributed by atoms with Gasteiger partial charge in [0.05, 0.1) is 5.69 Å². The van der Waals surface area contributed by atoms with Gasteiger partial charge in [-0.25, -0.2) is 0 Å². The Labute approximate surface area is 156 Å². The van der Waals surface area contributed by atoms with Crippen molar-refractivity contribution in [2.45, 2.75) is 78.0 Å². The number of rotatable bonds is 3. The Morgan fingerprint density at radius 3 is 2.54 bits per heavy atom. The summed E-state index contributed by atoms with van der Waals surface area (Å²) in [5, 5.41) is 0. The number of benzene rings is 1. The molecule has 5 nitrogen and oxygen atoms in total. The number of carbonyl (C=O) groups is 2. The predicted molar refractivity (Wildman–Crippen MR) is 102 cm³/mol. The summed E-state index contributed by atoms with van der Waals surface area (Å²) in [6.45, 7) is 10.2. The molecule has 0 bridgehead atoms. The van der Waals surface area contributed by atoms with Crippen molar-refractivity contribution in [1.29, 1.82) is 0 Å². The van der Waals surface area contributed by atoms with Gasteiger partial charge >= 0.3 is 0 Å². The fraction of sp³-hybridized carbons (Fsp3) is 0.619. The minimum Gasteiger partial charge on any atom is -0.476 e. The van der Waals surface area contributed by atoms with Crippen molar-refractivity contribution in [1.82, 2.24) is 4.90 Å². The molecule has 2 unspecified atom stereocenters. The third-order valence-electron chi connectivity index (χ3n) is 5.56. The molecule has 1 saturated heterocycles. The van der Waals surface area contributed by atoms with E-state index in [-0.39, 0.29) is 23.9 Å². The van der Waals surface area contributed by atoms with Crippen molar-refractivity contribution >= 4 is 17.5 Å². The van der Waals surface area contributed by atoms with Crippen LogP contribution in [0.5, 0.6) is 5.75 Å². The topological polar surface area (TPSA) is 49.9 Å². The smallest absolute Gasteiger partial charge is 0.270 e.